The Bertz CT molecular complexity index is 739. The molecule has 0 saturated heterocycles. The predicted octanol–water partition coefficient (Wildman–Crippen LogP) is 2.46. The molecule has 1 aliphatic rings. The van der Waals surface area contributed by atoms with E-state index in [1.165, 1.54) is 23.3 Å². The number of hydrogen-bond acceptors (Lipinski definition) is 6. The van der Waals surface area contributed by atoms with Crippen LogP contribution in [0.5, 0.6) is 0 Å². The van der Waals surface area contributed by atoms with Crippen molar-refractivity contribution in [2.24, 2.45) is 5.92 Å². The molecule has 0 saturated carbocycles. The second-order valence-corrected chi connectivity index (χ2v) is 7.74. The zero-order valence-corrected chi connectivity index (χ0v) is 14.6. The minimum absolute atomic E-state index is 0.264. The normalized spacial score (nSPS) is 15.7. The van der Waals surface area contributed by atoms with Crippen LogP contribution in [0.2, 0.25) is 0 Å². The van der Waals surface area contributed by atoms with Crippen molar-refractivity contribution in [2.45, 2.75) is 58.9 Å². The molecule has 124 valence electrons. The Kier molecular flexibility index (Phi) is 4.53. The second-order valence-electron chi connectivity index (χ2n) is 6.66. The fraction of sp³-hybridized carbons (Fsp3) is 0.588. The van der Waals surface area contributed by atoms with Gasteiger partial charge in [-0.1, -0.05) is 13.8 Å². The Labute approximate surface area is 140 Å². The molecule has 3 rings (SSSR count). The number of rotatable bonds is 5. The van der Waals surface area contributed by atoms with E-state index in [4.69, 9.17) is 0 Å². The van der Waals surface area contributed by atoms with E-state index in [9.17, 15) is 9.90 Å². The molecule has 0 spiro atoms. The molecule has 1 aliphatic carbocycles. The first kappa shape index (κ1) is 16.2. The lowest BCUT2D eigenvalue weighted by Crippen LogP contribution is -2.42. The lowest BCUT2D eigenvalue weighted by molar-refractivity contribution is -0.307. The van der Waals surface area contributed by atoms with Crippen LogP contribution in [0.25, 0.3) is 10.2 Å². The molecule has 0 fully saturated rings. The molecule has 1 atom stereocenters. The molecule has 0 bridgehead atoms. The molecule has 0 unspecified atom stereocenters. The SMILES string of the molecule is Cc1nc(N[C@@H](CC(C)C)C(=O)[O-])c2c3c(sc2n1)CCCC3. The van der Waals surface area contributed by atoms with Gasteiger partial charge in [-0.05, 0) is 50.5 Å². The molecule has 2 aromatic rings. The van der Waals surface area contributed by atoms with Gasteiger partial charge in [0.2, 0.25) is 0 Å². The van der Waals surface area contributed by atoms with Gasteiger partial charge in [-0.15, -0.1) is 11.3 Å². The average molecular weight is 332 g/mol. The first-order chi connectivity index (χ1) is 11.0. The van der Waals surface area contributed by atoms with Crippen molar-refractivity contribution in [3.63, 3.8) is 0 Å². The number of thiophene rings is 1. The summed E-state index contributed by atoms with van der Waals surface area (Å²) in [4.78, 5) is 22.9. The van der Waals surface area contributed by atoms with Crippen molar-refractivity contribution in [1.82, 2.24) is 9.97 Å². The fourth-order valence-corrected chi connectivity index (χ4v) is 4.53. The molecule has 1 N–H and O–H groups in total. The number of fused-ring (bicyclic) bond motifs is 3. The molecule has 0 radical (unpaired) electrons. The van der Waals surface area contributed by atoms with Crippen LogP contribution in [0.15, 0.2) is 0 Å². The number of nitrogens with zero attached hydrogens (tertiary/aromatic N) is 2. The third-order valence-corrected chi connectivity index (χ3v) is 5.41. The highest BCUT2D eigenvalue weighted by atomic mass is 32.1. The van der Waals surface area contributed by atoms with E-state index in [1.807, 2.05) is 20.8 Å². The molecule has 5 nitrogen and oxygen atoms in total. The molecular weight excluding hydrogens is 310 g/mol. The molecule has 6 heteroatoms. The van der Waals surface area contributed by atoms with Crippen LogP contribution in [0.3, 0.4) is 0 Å². The summed E-state index contributed by atoms with van der Waals surface area (Å²) in [7, 11) is 0. The Morgan fingerprint density at radius 3 is 2.74 bits per heavy atom. The van der Waals surface area contributed by atoms with Crippen molar-refractivity contribution in [3.8, 4) is 0 Å². The fourth-order valence-electron chi connectivity index (χ4n) is 3.22. The summed E-state index contributed by atoms with van der Waals surface area (Å²) in [6, 6.07) is -0.730. The standard InChI is InChI=1S/C17H23N3O2S/c1-9(2)8-12(17(21)22)20-15-14-11-6-4-5-7-13(11)23-16(14)19-10(3)18-15/h9,12H,4-8H2,1-3H3,(H,21,22)(H,18,19,20)/p-1/t12-/m0/s1. The number of aromatic nitrogens is 2. The second kappa shape index (κ2) is 6.43. The van der Waals surface area contributed by atoms with E-state index >= 15 is 0 Å². The van der Waals surface area contributed by atoms with E-state index in [2.05, 4.69) is 15.3 Å². The predicted molar refractivity (Wildman–Crippen MR) is 90.7 cm³/mol. The van der Waals surface area contributed by atoms with Crippen LogP contribution in [0.1, 0.15) is 49.4 Å². The summed E-state index contributed by atoms with van der Waals surface area (Å²) in [5.41, 5.74) is 1.31. The van der Waals surface area contributed by atoms with Gasteiger partial charge in [0, 0.05) is 4.88 Å². The third-order valence-electron chi connectivity index (χ3n) is 4.23. The van der Waals surface area contributed by atoms with Crippen molar-refractivity contribution in [1.29, 1.82) is 0 Å². The highest BCUT2D eigenvalue weighted by molar-refractivity contribution is 7.19. The molecule has 0 aliphatic heterocycles. The summed E-state index contributed by atoms with van der Waals surface area (Å²) in [6.07, 6.45) is 5.01. The molecule has 2 aromatic heterocycles. The van der Waals surface area contributed by atoms with Crippen molar-refractivity contribution < 1.29 is 9.90 Å². The Morgan fingerprint density at radius 1 is 1.30 bits per heavy atom. The van der Waals surface area contributed by atoms with Gasteiger partial charge in [0.1, 0.15) is 16.5 Å². The number of carbonyl (C=O) groups excluding carboxylic acids is 1. The van der Waals surface area contributed by atoms with E-state index < -0.39 is 12.0 Å². The van der Waals surface area contributed by atoms with Gasteiger partial charge in [0.05, 0.1) is 17.4 Å². The number of carboxylic acid groups (broad SMARTS) is 1. The van der Waals surface area contributed by atoms with Crippen LogP contribution >= 0.6 is 11.3 Å². The molecule has 0 amide bonds. The average Bonchev–Trinajstić information content (AvgIpc) is 2.83. The Hall–Kier alpha value is -1.69. The maximum Gasteiger partial charge on any atom is 0.139 e. The van der Waals surface area contributed by atoms with Crippen LogP contribution in [0, 0.1) is 12.8 Å². The molecule has 23 heavy (non-hydrogen) atoms. The van der Waals surface area contributed by atoms with Crippen LogP contribution in [0.4, 0.5) is 5.82 Å². The van der Waals surface area contributed by atoms with Crippen LogP contribution in [-0.2, 0) is 17.6 Å². The summed E-state index contributed by atoms with van der Waals surface area (Å²) in [5, 5.41) is 15.6. The molecule has 2 heterocycles. The number of hydrogen-bond donors (Lipinski definition) is 1. The largest absolute Gasteiger partial charge is 0.548 e. The van der Waals surface area contributed by atoms with Gasteiger partial charge in [-0.3, -0.25) is 0 Å². The minimum Gasteiger partial charge on any atom is -0.548 e. The number of anilines is 1. The smallest absolute Gasteiger partial charge is 0.139 e. The zero-order chi connectivity index (χ0) is 16.6. The highest BCUT2D eigenvalue weighted by Gasteiger charge is 2.22. The molecule has 0 aromatic carbocycles. The summed E-state index contributed by atoms with van der Waals surface area (Å²) < 4.78 is 0. The van der Waals surface area contributed by atoms with Crippen molar-refractivity contribution in [3.05, 3.63) is 16.3 Å². The van der Waals surface area contributed by atoms with Gasteiger partial charge in [0.15, 0.2) is 0 Å². The van der Waals surface area contributed by atoms with Gasteiger partial charge in [-0.2, -0.15) is 0 Å². The first-order valence-electron chi connectivity index (χ1n) is 8.22. The first-order valence-corrected chi connectivity index (χ1v) is 9.03. The molecular formula is C17H22N3O2S-. The highest BCUT2D eigenvalue weighted by Crippen LogP contribution is 2.38. The zero-order valence-electron chi connectivity index (χ0n) is 13.8. The van der Waals surface area contributed by atoms with E-state index in [0.29, 0.717) is 18.1 Å². The van der Waals surface area contributed by atoms with Gasteiger partial charge in [0.25, 0.3) is 0 Å². The van der Waals surface area contributed by atoms with Gasteiger partial charge >= 0.3 is 0 Å². The lowest BCUT2D eigenvalue weighted by Gasteiger charge is -2.23. The van der Waals surface area contributed by atoms with E-state index in [0.717, 1.165) is 23.1 Å². The van der Waals surface area contributed by atoms with Gasteiger partial charge in [-0.25, -0.2) is 9.97 Å². The number of carboxylic acids is 1. The third kappa shape index (κ3) is 3.32. The van der Waals surface area contributed by atoms with Crippen LogP contribution in [-0.4, -0.2) is 22.0 Å². The monoisotopic (exact) mass is 332 g/mol. The van der Waals surface area contributed by atoms with E-state index in [-0.39, 0.29) is 5.92 Å². The van der Waals surface area contributed by atoms with E-state index in [1.54, 1.807) is 11.3 Å². The summed E-state index contributed by atoms with van der Waals surface area (Å²) in [6.45, 7) is 5.86. The lowest BCUT2D eigenvalue weighted by atomic mass is 9.96. The quantitative estimate of drug-likeness (QED) is 0.910. The Balaban J connectivity index is 2.05. The minimum atomic E-state index is -1.08. The summed E-state index contributed by atoms with van der Waals surface area (Å²) in [5.74, 6) is 0.509. The topological polar surface area (TPSA) is 77.9 Å². The van der Waals surface area contributed by atoms with Crippen LogP contribution < -0.4 is 10.4 Å². The van der Waals surface area contributed by atoms with Gasteiger partial charge < -0.3 is 15.2 Å². The Morgan fingerprint density at radius 2 is 2.04 bits per heavy atom. The number of aryl methyl sites for hydroxylation is 3. The number of aliphatic carboxylic acids is 1. The maximum absolute atomic E-state index is 11.5. The number of carbonyl (C=O) groups is 1. The maximum atomic E-state index is 11.5. The van der Waals surface area contributed by atoms with Crippen molar-refractivity contribution >= 4 is 33.3 Å². The summed E-state index contributed by atoms with van der Waals surface area (Å²) >= 11 is 1.72. The van der Waals surface area contributed by atoms with Crippen molar-refractivity contribution in [2.75, 3.05) is 5.32 Å². The number of nitrogens with one attached hydrogen (secondary N) is 1.